The Labute approximate surface area is 112 Å². The summed E-state index contributed by atoms with van der Waals surface area (Å²) in [5, 5.41) is 11.0. The fourth-order valence-electron chi connectivity index (χ4n) is 3.43. The molecule has 5 heteroatoms. The highest BCUT2D eigenvalue weighted by atomic mass is 32.1. The first-order valence-electron chi connectivity index (χ1n) is 6.99. The van der Waals surface area contributed by atoms with E-state index in [0.29, 0.717) is 6.04 Å². The van der Waals surface area contributed by atoms with E-state index in [1.807, 2.05) is 6.92 Å². The first-order valence-corrected chi connectivity index (χ1v) is 7.76. The largest absolute Gasteiger partial charge is 0.391 e. The number of rotatable bonds is 2. The Bertz CT molecular complexity index is 403. The van der Waals surface area contributed by atoms with Gasteiger partial charge in [-0.05, 0) is 32.1 Å². The predicted octanol–water partition coefficient (Wildman–Crippen LogP) is 2.37. The van der Waals surface area contributed by atoms with Crippen molar-refractivity contribution in [2.45, 2.75) is 57.6 Å². The molecule has 3 rings (SSSR count). The molecule has 2 atom stereocenters. The lowest BCUT2D eigenvalue weighted by molar-refractivity contribution is 0.185. The molecular formula is C13H21N3OS. The van der Waals surface area contributed by atoms with E-state index >= 15 is 0 Å². The zero-order valence-corrected chi connectivity index (χ0v) is 11.7. The van der Waals surface area contributed by atoms with Crippen LogP contribution in [0.3, 0.4) is 0 Å². The molecule has 1 aliphatic carbocycles. The normalized spacial score (nSPS) is 30.0. The second kappa shape index (κ2) is 5.13. The lowest BCUT2D eigenvalue weighted by Crippen LogP contribution is -2.36. The number of hydrogen-bond donors (Lipinski definition) is 1. The maximum Gasteiger partial charge on any atom is 0.205 e. The van der Waals surface area contributed by atoms with Gasteiger partial charge in [0.15, 0.2) is 0 Å². The Morgan fingerprint density at radius 2 is 2.06 bits per heavy atom. The van der Waals surface area contributed by atoms with Gasteiger partial charge in [-0.3, -0.25) is 0 Å². The molecule has 1 aromatic heterocycles. The molecule has 1 aliphatic heterocycles. The molecule has 2 heterocycles. The highest BCUT2D eigenvalue weighted by molar-refractivity contribution is 7.09. The van der Waals surface area contributed by atoms with Crippen molar-refractivity contribution in [3.05, 3.63) is 5.82 Å². The zero-order chi connectivity index (χ0) is 12.5. The van der Waals surface area contributed by atoms with E-state index in [-0.39, 0.29) is 6.10 Å². The van der Waals surface area contributed by atoms with Crippen LogP contribution in [0.15, 0.2) is 0 Å². The molecule has 4 nitrogen and oxygen atoms in total. The molecule has 0 spiro atoms. The average molecular weight is 267 g/mol. The smallest absolute Gasteiger partial charge is 0.205 e. The van der Waals surface area contributed by atoms with E-state index in [4.69, 9.17) is 0 Å². The zero-order valence-electron chi connectivity index (χ0n) is 10.9. The summed E-state index contributed by atoms with van der Waals surface area (Å²) in [7, 11) is 0. The molecule has 18 heavy (non-hydrogen) atoms. The summed E-state index contributed by atoms with van der Waals surface area (Å²) >= 11 is 1.47. The van der Waals surface area contributed by atoms with Gasteiger partial charge >= 0.3 is 0 Å². The maximum atomic E-state index is 9.98. The monoisotopic (exact) mass is 267 g/mol. The highest BCUT2D eigenvalue weighted by Crippen LogP contribution is 2.37. The average Bonchev–Trinajstić information content (AvgIpc) is 2.96. The van der Waals surface area contributed by atoms with Crippen LogP contribution in [-0.4, -0.2) is 33.2 Å². The van der Waals surface area contributed by atoms with Gasteiger partial charge in [-0.2, -0.15) is 4.37 Å². The van der Waals surface area contributed by atoms with E-state index in [0.717, 1.165) is 29.8 Å². The van der Waals surface area contributed by atoms with Crippen molar-refractivity contribution < 1.29 is 5.11 Å². The Hall–Kier alpha value is -0.680. The first-order chi connectivity index (χ1) is 8.74. The van der Waals surface area contributed by atoms with Crippen LogP contribution in [0.1, 0.15) is 44.3 Å². The van der Waals surface area contributed by atoms with Crippen LogP contribution in [0.2, 0.25) is 0 Å². The van der Waals surface area contributed by atoms with Crippen molar-refractivity contribution in [2.75, 3.05) is 11.4 Å². The van der Waals surface area contributed by atoms with Crippen LogP contribution in [0, 0.1) is 12.8 Å². The van der Waals surface area contributed by atoms with Gasteiger partial charge in [-0.1, -0.05) is 19.3 Å². The molecule has 1 aromatic rings. The van der Waals surface area contributed by atoms with E-state index < -0.39 is 0 Å². The van der Waals surface area contributed by atoms with Crippen LogP contribution in [0.4, 0.5) is 5.13 Å². The van der Waals surface area contributed by atoms with Crippen LogP contribution in [-0.2, 0) is 0 Å². The minimum atomic E-state index is -0.193. The van der Waals surface area contributed by atoms with Crippen LogP contribution in [0.5, 0.6) is 0 Å². The van der Waals surface area contributed by atoms with Crippen molar-refractivity contribution in [3.8, 4) is 0 Å². The van der Waals surface area contributed by atoms with E-state index in [1.54, 1.807) is 0 Å². The first kappa shape index (κ1) is 12.4. The Morgan fingerprint density at radius 3 is 2.72 bits per heavy atom. The molecule has 0 aromatic carbocycles. The van der Waals surface area contributed by atoms with E-state index in [2.05, 4.69) is 14.3 Å². The van der Waals surface area contributed by atoms with Crippen molar-refractivity contribution in [1.29, 1.82) is 0 Å². The van der Waals surface area contributed by atoms with E-state index in [1.165, 1.54) is 43.6 Å². The Balaban J connectivity index is 1.78. The third kappa shape index (κ3) is 2.38. The molecule has 1 saturated heterocycles. The lowest BCUT2D eigenvalue weighted by Gasteiger charge is -2.33. The molecule has 1 N–H and O–H groups in total. The number of β-amino-alcohol motifs (C(OH)–C–C–N with tert-alkyl or cyclic N) is 1. The fourth-order valence-corrected chi connectivity index (χ4v) is 4.17. The van der Waals surface area contributed by atoms with Gasteiger partial charge in [0.2, 0.25) is 5.13 Å². The molecule has 0 radical (unpaired) electrons. The van der Waals surface area contributed by atoms with Gasteiger partial charge in [0.1, 0.15) is 5.82 Å². The number of aliphatic hydroxyl groups excluding tert-OH is 1. The second-order valence-electron chi connectivity index (χ2n) is 5.63. The Kier molecular flexibility index (Phi) is 3.52. The van der Waals surface area contributed by atoms with Gasteiger partial charge in [0, 0.05) is 24.1 Å². The number of hydrogen-bond acceptors (Lipinski definition) is 5. The molecule has 2 fully saturated rings. The van der Waals surface area contributed by atoms with Crippen LogP contribution < -0.4 is 4.90 Å². The molecular weight excluding hydrogens is 246 g/mol. The predicted molar refractivity (Wildman–Crippen MR) is 73.0 cm³/mol. The minimum absolute atomic E-state index is 0.193. The molecule has 0 amide bonds. The van der Waals surface area contributed by atoms with Crippen molar-refractivity contribution in [3.63, 3.8) is 0 Å². The molecule has 100 valence electrons. The van der Waals surface area contributed by atoms with Crippen LogP contribution in [0.25, 0.3) is 0 Å². The number of aryl methyl sites for hydroxylation is 1. The van der Waals surface area contributed by atoms with Crippen molar-refractivity contribution in [1.82, 2.24) is 9.36 Å². The van der Waals surface area contributed by atoms with Gasteiger partial charge in [0.25, 0.3) is 0 Å². The van der Waals surface area contributed by atoms with Gasteiger partial charge in [-0.25, -0.2) is 4.98 Å². The quantitative estimate of drug-likeness (QED) is 0.893. The second-order valence-corrected chi connectivity index (χ2v) is 6.36. The number of nitrogens with zero attached hydrogens (tertiary/aromatic N) is 3. The standard InChI is InChI=1S/C13H21N3OS/c1-9-14-13(18-15-9)16-8-11(17)7-12(16)10-5-3-2-4-6-10/h10-12,17H,2-8H2,1H3. The summed E-state index contributed by atoms with van der Waals surface area (Å²) in [6.45, 7) is 2.66. The molecule has 2 aliphatic rings. The summed E-state index contributed by atoms with van der Waals surface area (Å²) in [6.07, 6.45) is 7.41. The summed E-state index contributed by atoms with van der Waals surface area (Å²) in [4.78, 5) is 6.81. The third-order valence-electron chi connectivity index (χ3n) is 4.28. The Morgan fingerprint density at radius 1 is 1.28 bits per heavy atom. The SMILES string of the molecule is Cc1nsc(N2CC(O)CC2C2CCCCC2)n1. The minimum Gasteiger partial charge on any atom is -0.391 e. The summed E-state index contributed by atoms with van der Waals surface area (Å²) < 4.78 is 4.27. The number of anilines is 1. The third-order valence-corrected chi connectivity index (χ3v) is 5.12. The van der Waals surface area contributed by atoms with Gasteiger partial charge < -0.3 is 10.0 Å². The topological polar surface area (TPSA) is 49.2 Å². The maximum absolute atomic E-state index is 9.98. The molecule has 0 bridgehead atoms. The summed E-state index contributed by atoms with van der Waals surface area (Å²) in [5.74, 6) is 1.58. The van der Waals surface area contributed by atoms with Crippen molar-refractivity contribution >= 4 is 16.7 Å². The fraction of sp³-hybridized carbons (Fsp3) is 0.846. The van der Waals surface area contributed by atoms with Crippen molar-refractivity contribution in [2.24, 2.45) is 5.92 Å². The van der Waals surface area contributed by atoms with Gasteiger partial charge in [0.05, 0.1) is 6.10 Å². The van der Waals surface area contributed by atoms with E-state index in [9.17, 15) is 5.11 Å². The molecule has 1 saturated carbocycles. The van der Waals surface area contributed by atoms with Gasteiger partial charge in [-0.15, -0.1) is 0 Å². The highest BCUT2D eigenvalue weighted by Gasteiger charge is 2.38. The molecule has 2 unspecified atom stereocenters. The number of aliphatic hydroxyl groups is 1. The lowest BCUT2D eigenvalue weighted by atomic mass is 9.83. The summed E-state index contributed by atoms with van der Waals surface area (Å²) in [5.41, 5.74) is 0. The van der Waals surface area contributed by atoms with Crippen LogP contribution >= 0.6 is 11.5 Å². The number of aromatic nitrogens is 2. The summed E-state index contributed by atoms with van der Waals surface area (Å²) in [6, 6.07) is 0.479.